The van der Waals surface area contributed by atoms with Gasteiger partial charge in [-0.3, -0.25) is 0 Å². The molecule has 27 heavy (non-hydrogen) atoms. The summed E-state index contributed by atoms with van der Waals surface area (Å²) in [7, 11) is 3.09. The summed E-state index contributed by atoms with van der Waals surface area (Å²) in [5.41, 5.74) is 1.27. The molecule has 2 aromatic carbocycles. The summed E-state index contributed by atoms with van der Waals surface area (Å²) < 4.78 is 21.3. The number of rotatable bonds is 2. The Hall–Kier alpha value is -2.84. The van der Waals surface area contributed by atoms with Crippen molar-refractivity contribution in [2.75, 3.05) is 20.7 Å². The second kappa shape index (κ2) is 6.71. The monoisotopic (exact) mass is 373 g/mol. The van der Waals surface area contributed by atoms with E-state index in [1.54, 1.807) is 38.4 Å². The van der Waals surface area contributed by atoms with Crippen LogP contribution in [0.1, 0.15) is 23.2 Å². The molecule has 1 unspecified atom stereocenters. The molecule has 0 aliphatic carbocycles. The molecule has 8 heteroatoms. The molecule has 0 spiro atoms. The van der Waals surface area contributed by atoms with Crippen LogP contribution in [0.15, 0.2) is 48.5 Å². The fourth-order valence-corrected chi connectivity index (χ4v) is 3.82. The number of carbonyl (C=O) groups excluding carboxylic acids is 1. The molecule has 0 bridgehead atoms. The van der Waals surface area contributed by atoms with Crippen LogP contribution < -0.4 is 4.74 Å². The average Bonchev–Trinajstić information content (AvgIpc) is 2.94. The Kier molecular flexibility index (Phi) is 4.37. The van der Waals surface area contributed by atoms with E-state index < -0.39 is 18.2 Å². The number of fused-ring (bicyclic) bond motifs is 3. The molecule has 2 aliphatic rings. The topological polar surface area (TPSA) is 65.5 Å². The van der Waals surface area contributed by atoms with Crippen LogP contribution in [0.3, 0.4) is 0 Å². The normalized spacial score (nSPS) is 24.3. The molecule has 142 valence electrons. The summed E-state index contributed by atoms with van der Waals surface area (Å²) in [5.74, 6) is 0.264. The van der Waals surface area contributed by atoms with Gasteiger partial charge in [0.25, 0.3) is 0 Å². The number of hydroxylamine groups is 2. The van der Waals surface area contributed by atoms with Gasteiger partial charge in [0.15, 0.2) is 0 Å². The lowest BCUT2D eigenvalue weighted by Gasteiger charge is -2.29. The van der Waals surface area contributed by atoms with E-state index in [9.17, 15) is 9.90 Å². The maximum Gasteiger partial charge on any atom is 0.446 e. The maximum atomic E-state index is 15.5. The zero-order valence-corrected chi connectivity index (χ0v) is 14.9. The van der Waals surface area contributed by atoms with Crippen molar-refractivity contribution in [1.82, 2.24) is 15.3 Å². The van der Waals surface area contributed by atoms with E-state index in [0.717, 1.165) is 5.01 Å². The number of aromatic hydroxyl groups is 1. The molecule has 2 aromatic rings. The molecule has 1 N–H and O–H groups in total. The molecule has 1 amide bonds. The van der Waals surface area contributed by atoms with Gasteiger partial charge >= 0.3 is 6.09 Å². The van der Waals surface area contributed by atoms with Crippen LogP contribution >= 0.6 is 0 Å². The van der Waals surface area contributed by atoms with Crippen LogP contribution in [0.5, 0.6) is 11.5 Å². The number of amides is 1. The number of halogens is 1. The molecule has 1 fully saturated rings. The van der Waals surface area contributed by atoms with Gasteiger partial charge in [0.1, 0.15) is 11.5 Å². The number of hydrogen-bond acceptors (Lipinski definition) is 6. The lowest BCUT2D eigenvalue weighted by Crippen LogP contribution is -2.41. The SMILES string of the molecule is CN(C)OC(=O)N1[C@H](c2cccc(O)c2)[C@H]2COc3ccccc3C2N1F. The maximum absolute atomic E-state index is 15.5. The molecule has 3 atom stereocenters. The van der Waals surface area contributed by atoms with Crippen molar-refractivity contribution in [2.24, 2.45) is 5.92 Å². The van der Waals surface area contributed by atoms with Crippen LogP contribution in [0.25, 0.3) is 0 Å². The molecule has 4 rings (SSSR count). The Morgan fingerprint density at radius 2 is 2.00 bits per heavy atom. The molecule has 0 aromatic heterocycles. The van der Waals surface area contributed by atoms with Gasteiger partial charge < -0.3 is 14.7 Å². The molecule has 7 nitrogen and oxygen atoms in total. The van der Waals surface area contributed by atoms with Gasteiger partial charge in [0.2, 0.25) is 0 Å². The van der Waals surface area contributed by atoms with E-state index >= 15 is 4.48 Å². The smallest absolute Gasteiger partial charge is 0.446 e. The quantitative estimate of drug-likeness (QED) is 0.644. The first kappa shape index (κ1) is 17.6. The first-order chi connectivity index (χ1) is 13.0. The summed E-state index contributed by atoms with van der Waals surface area (Å²) >= 11 is 0. The van der Waals surface area contributed by atoms with Crippen molar-refractivity contribution in [3.05, 3.63) is 59.7 Å². The molecule has 2 aliphatic heterocycles. The van der Waals surface area contributed by atoms with Crippen LogP contribution in [0, 0.1) is 5.92 Å². The predicted molar refractivity (Wildman–Crippen MR) is 94.0 cm³/mol. The number of phenols is 1. The van der Waals surface area contributed by atoms with Gasteiger partial charge in [-0.05, 0) is 29.0 Å². The van der Waals surface area contributed by atoms with Gasteiger partial charge in [-0.2, -0.15) is 0 Å². The Labute approximate surface area is 156 Å². The first-order valence-corrected chi connectivity index (χ1v) is 8.61. The summed E-state index contributed by atoms with van der Waals surface area (Å²) in [5, 5.41) is 12.5. The number of benzene rings is 2. The number of nitrogens with zero attached hydrogens (tertiary/aromatic N) is 3. The van der Waals surface area contributed by atoms with E-state index in [2.05, 4.69) is 0 Å². The van der Waals surface area contributed by atoms with Crippen molar-refractivity contribution >= 4 is 6.09 Å². The Morgan fingerprint density at radius 1 is 1.22 bits per heavy atom. The summed E-state index contributed by atoms with van der Waals surface area (Å²) in [4.78, 5) is 17.8. The predicted octanol–water partition coefficient (Wildman–Crippen LogP) is 3.21. The third-order valence-corrected chi connectivity index (χ3v) is 4.84. The largest absolute Gasteiger partial charge is 0.508 e. The van der Waals surface area contributed by atoms with E-state index in [1.807, 2.05) is 12.1 Å². The zero-order valence-electron chi connectivity index (χ0n) is 14.9. The van der Waals surface area contributed by atoms with E-state index in [-0.39, 0.29) is 18.3 Å². The first-order valence-electron chi connectivity index (χ1n) is 8.61. The standard InChI is InChI=1S/C19H20FN3O4/c1-21(2)27-19(25)22-17(12-6-5-7-13(24)10-12)15-11-26-16-9-4-3-8-14(16)18(15)23(22)20/h3-10,15,17-18,24H,11H2,1-2H3/t15-,17-,18?/m1/s1. The highest BCUT2D eigenvalue weighted by Crippen LogP contribution is 2.53. The zero-order chi connectivity index (χ0) is 19.1. The Bertz CT molecular complexity index is 862. The number of carbonyl (C=O) groups is 1. The van der Waals surface area contributed by atoms with Gasteiger partial charge in [-0.25, -0.2) is 9.80 Å². The molecular weight excluding hydrogens is 353 g/mol. The van der Waals surface area contributed by atoms with Crippen molar-refractivity contribution in [3.8, 4) is 11.5 Å². The summed E-state index contributed by atoms with van der Waals surface area (Å²) in [6.45, 7) is 0.230. The van der Waals surface area contributed by atoms with Crippen LogP contribution in [0.2, 0.25) is 0 Å². The minimum Gasteiger partial charge on any atom is -0.508 e. The van der Waals surface area contributed by atoms with E-state index in [1.165, 1.54) is 17.2 Å². The third-order valence-electron chi connectivity index (χ3n) is 4.84. The lowest BCUT2D eigenvalue weighted by atomic mass is 9.84. The van der Waals surface area contributed by atoms with Crippen molar-refractivity contribution in [1.29, 1.82) is 0 Å². The highest BCUT2D eigenvalue weighted by atomic mass is 19.2. The van der Waals surface area contributed by atoms with E-state index in [0.29, 0.717) is 22.1 Å². The Balaban J connectivity index is 1.80. The number of hydrazine groups is 1. The second-order valence-electron chi connectivity index (χ2n) is 6.80. The molecule has 2 heterocycles. The number of para-hydroxylation sites is 1. The fourth-order valence-electron chi connectivity index (χ4n) is 3.82. The highest BCUT2D eigenvalue weighted by Gasteiger charge is 2.55. The summed E-state index contributed by atoms with van der Waals surface area (Å²) in [6, 6.07) is 12.3. The lowest BCUT2D eigenvalue weighted by molar-refractivity contribution is -0.181. The molecule has 0 radical (unpaired) electrons. The Morgan fingerprint density at radius 3 is 2.74 bits per heavy atom. The minimum absolute atomic E-state index is 0.0411. The minimum atomic E-state index is -0.845. The van der Waals surface area contributed by atoms with Crippen molar-refractivity contribution in [2.45, 2.75) is 12.1 Å². The summed E-state index contributed by atoms with van der Waals surface area (Å²) in [6.07, 6.45) is -0.845. The van der Waals surface area contributed by atoms with Crippen molar-refractivity contribution in [3.63, 3.8) is 0 Å². The number of ether oxygens (including phenoxy) is 1. The van der Waals surface area contributed by atoms with Crippen LogP contribution in [-0.2, 0) is 4.84 Å². The van der Waals surface area contributed by atoms with Gasteiger partial charge in [-0.15, -0.1) is 9.54 Å². The molecule has 0 saturated carbocycles. The molecule has 1 saturated heterocycles. The van der Waals surface area contributed by atoms with Gasteiger partial charge in [0.05, 0.1) is 18.7 Å². The number of phenolic OH excluding ortho intramolecular Hbond substituents is 1. The fraction of sp³-hybridized carbons (Fsp3) is 0.316. The molecular formula is C19H20FN3O4. The third kappa shape index (κ3) is 2.96. The van der Waals surface area contributed by atoms with Gasteiger partial charge in [0, 0.05) is 25.6 Å². The van der Waals surface area contributed by atoms with Crippen LogP contribution in [0.4, 0.5) is 9.28 Å². The highest BCUT2D eigenvalue weighted by molar-refractivity contribution is 5.68. The van der Waals surface area contributed by atoms with Crippen molar-refractivity contribution < 1.29 is 24.0 Å². The van der Waals surface area contributed by atoms with Gasteiger partial charge in [-0.1, -0.05) is 30.3 Å². The number of hydrogen-bond donors (Lipinski definition) is 1. The second-order valence-corrected chi connectivity index (χ2v) is 6.80. The van der Waals surface area contributed by atoms with Crippen LogP contribution in [-0.4, -0.2) is 47.2 Å². The van der Waals surface area contributed by atoms with E-state index in [4.69, 9.17) is 9.57 Å². The average molecular weight is 373 g/mol.